The summed E-state index contributed by atoms with van der Waals surface area (Å²) in [5.41, 5.74) is 2.43. The van der Waals surface area contributed by atoms with Gasteiger partial charge in [0.25, 0.3) is 0 Å². The number of amides is 2. The van der Waals surface area contributed by atoms with E-state index in [1.807, 2.05) is 54.8 Å². The van der Waals surface area contributed by atoms with Crippen LogP contribution in [0.1, 0.15) is 47.7 Å². The molecule has 7 heteroatoms. The Morgan fingerprint density at radius 3 is 2.37 bits per heavy atom. The van der Waals surface area contributed by atoms with Crippen molar-refractivity contribution in [3.63, 3.8) is 0 Å². The molecule has 0 radical (unpaired) electrons. The minimum atomic E-state index is -0.856. The number of nitrogens with one attached hydrogen (secondary N) is 1. The van der Waals surface area contributed by atoms with Gasteiger partial charge in [-0.25, -0.2) is 0 Å². The summed E-state index contributed by atoms with van der Waals surface area (Å²) in [4.78, 5) is 30.3. The lowest BCUT2D eigenvalue weighted by atomic mass is 10.0. The maximum atomic E-state index is 13.9. The zero-order valence-corrected chi connectivity index (χ0v) is 21.3. The van der Waals surface area contributed by atoms with Crippen LogP contribution < -0.4 is 19.7 Å². The first-order chi connectivity index (χ1) is 17.0. The molecule has 1 aliphatic rings. The van der Waals surface area contributed by atoms with Crippen LogP contribution in [0.15, 0.2) is 60.0 Å². The van der Waals surface area contributed by atoms with Gasteiger partial charge in [0.15, 0.2) is 11.5 Å². The number of nitrogens with zero attached hydrogens (tertiary/aromatic N) is 1. The summed E-state index contributed by atoms with van der Waals surface area (Å²) < 4.78 is 10.9. The number of ether oxygens (including phenoxy) is 2. The van der Waals surface area contributed by atoms with Gasteiger partial charge < -0.3 is 14.8 Å². The molecule has 0 aliphatic heterocycles. The molecule has 0 unspecified atom stereocenters. The summed E-state index contributed by atoms with van der Waals surface area (Å²) in [6.07, 6.45) is 4.33. The monoisotopic (exact) mass is 492 g/mol. The lowest BCUT2D eigenvalue weighted by Crippen LogP contribution is -2.46. The second-order valence-corrected chi connectivity index (χ2v) is 9.89. The van der Waals surface area contributed by atoms with Gasteiger partial charge in [-0.15, -0.1) is 11.3 Å². The smallest absolute Gasteiger partial charge is 0.248 e. The molecule has 1 saturated carbocycles. The number of thiophene rings is 1. The van der Waals surface area contributed by atoms with Crippen molar-refractivity contribution in [2.75, 3.05) is 19.1 Å². The van der Waals surface area contributed by atoms with Gasteiger partial charge in [0.2, 0.25) is 11.8 Å². The standard InChI is InChI=1S/C28H32N2O4S/c1-19-10-13-22(14-11-19)30(26(31)18-23-9-6-16-35-23)27(28(32)29-21-7-4-5-8-21)20-12-15-24(33-2)25(17-20)34-3/h6,9-17,21,27H,4-5,7-8,18H2,1-3H3,(H,29,32)/t27-/m1/s1. The topological polar surface area (TPSA) is 67.9 Å². The van der Waals surface area contributed by atoms with Crippen molar-refractivity contribution in [1.82, 2.24) is 5.32 Å². The summed E-state index contributed by atoms with van der Waals surface area (Å²) in [5, 5.41) is 5.17. The number of rotatable bonds is 9. The van der Waals surface area contributed by atoms with Gasteiger partial charge in [-0.1, -0.05) is 42.7 Å². The first-order valence-corrected chi connectivity index (χ1v) is 12.8. The summed E-state index contributed by atoms with van der Waals surface area (Å²) in [6, 6.07) is 16.3. The Balaban J connectivity index is 1.80. The molecular formula is C28H32N2O4S. The quantitative estimate of drug-likeness (QED) is 0.431. The second kappa shape index (κ2) is 11.4. The third-order valence-corrected chi connectivity index (χ3v) is 7.29. The normalized spacial score (nSPS) is 14.4. The third-order valence-electron chi connectivity index (χ3n) is 6.42. The molecule has 6 nitrogen and oxygen atoms in total. The highest BCUT2D eigenvalue weighted by atomic mass is 32.1. The van der Waals surface area contributed by atoms with Crippen LogP contribution in [0.3, 0.4) is 0 Å². The molecule has 0 spiro atoms. The van der Waals surface area contributed by atoms with Crippen molar-refractivity contribution in [1.29, 1.82) is 0 Å². The van der Waals surface area contributed by atoms with Gasteiger partial charge in [0, 0.05) is 16.6 Å². The van der Waals surface area contributed by atoms with Crippen molar-refractivity contribution >= 4 is 28.8 Å². The van der Waals surface area contributed by atoms with Crippen molar-refractivity contribution in [2.24, 2.45) is 0 Å². The maximum absolute atomic E-state index is 13.9. The van der Waals surface area contributed by atoms with E-state index in [4.69, 9.17) is 9.47 Å². The number of hydrogen-bond acceptors (Lipinski definition) is 5. The second-order valence-electron chi connectivity index (χ2n) is 8.86. The summed E-state index contributed by atoms with van der Waals surface area (Å²) in [5.74, 6) is 0.748. The summed E-state index contributed by atoms with van der Waals surface area (Å²) in [7, 11) is 3.14. The molecule has 1 atom stereocenters. The largest absolute Gasteiger partial charge is 0.493 e. The van der Waals surface area contributed by atoms with Crippen molar-refractivity contribution in [2.45, 2.75) is 51.1 Å². The van der Waals surface area contributed by atoms with Gasteiger partial charge in [0.1, 0.15) is 6.04 Å². The summed E-state index contributed by atoms with van der Waals surface area (Å²) >= 11 is 1.53. The van der Waals surface area contributed by atoms with Crippen LogP contribution in [-0.4, -0.2) is 32.1 Å². The highest BCUT2D eigenvalue weighted by Crippen LogP contribution is 2.35. The fourth-order valence-electron chi connectivity index (χ4n) is 4.58. The molecule has 1 heterocycles. The Kier molecular flexibility index (Phi) is 8.08. The number of carbonyl (C=O) groups excluding carboxylic acids is 2. The number of hydrogen-bond donors (Lipinski definition) is 1. The molecular weight excluding hydrogens is 460 g/mol. The number of carbonyl (C=O) groups is 2. The van der Waals surface area contributed by atoms with E-state index in [0.717, 1.165) is 36.1 Å². The molecule has 3 aromatic rings. The molecule has 184 valence electrons. The SMILES string of the molecule is COc1ccc([C@H](C(=O)NC2CCCC2)N(C(=O)Cc2cccs2)c2ccc(C)cc2)cc1OC. The number of methoxy groups -OCH3 is 2. The van der Waals surface area contributed by atoms with Gasteiger partial charge >= 0.3 is 0 Å². The van der Waals surface area contributed by atoms with Crippen molar-refractivity contribution in [3.8, 4) is 11.5 Å². The molecule has 0 bridgehead atoms. The van der Waals surface area contributed by atoms with Crippen LogP contribution in [0.5, 0.6) is 11.5 Å². The molecule has 1 N–H and O–H groups in total. The number of aryl methyl sites for hydroxylation is 1. The van der Waals surface area contributed by atoms with Crippen LogP contribution >= 0.6 is 11.3 Å². The van der Waals surface area contributed by atoms with E-state index in [1.165, 1.54) is 11.3 Å². The van der Waals surface area contributed by atoms with Crippen LogP contribution in [-0.2, 0) is 16.0 Å². The minimum absolute atomic E-state index is 0.123. The van der Waals surface area contributed by atoms with E-state index in [9.17, 15) is 9.59 Å². The molecule has 2 aromatic carbocycles. The molecule has 0 saturated heterocycles. The van der Waals surface area contributed by atoms with E-state index >= 15 is 0 Å². The van der Waals surface area contributed by atoms with E-state index in [0.29, 0.717) is 22.7 Å². The number of anilines is 1. The van der Waals surface area contributed by atoms with Gasteiger partial charge in [-0.3, -0.25) is 14.5 Å². The van der Waals surface area contributed by atoms with E-state index in [2.05, 4.69) is 5.32 Å². The first kappa shape index (κ1) is 24.8. The predicted octanol–water partition coefficient (Wildman–Crippen LogP) is 5.45. The summed E-state index contributed by atoms with van der Waals surface area (Å²) in [6.45, 7) is 2.00. The molecule has 35 heavy (non-hydrogen) atoms. The van der Waals surface area contributed by atoms with Crippen molar-refractivity contribution in [3.05, 3.63) is 76.0 Å². The van der Waals surface area contributed by atoms with Gasteiger partial charge in [0.05, 0.1) is 20.6 Å². The van der Waals surface area contributed by atoms with Crippen LogP contribution in [0.4, 0.5) is 5.69 Å². The lowest BCUT2D eigenvalue weighted by molar-refractivity contribution is -0.127. The zero-order valence-electron chi connectivity index (χ0n) is 20.5. The maximum Gasteiger partial charge on any atom is 0.248 e. The lowest BCUT2D eigenvalue weighted by Gasteiger charge is -2.32. The Morgan fingerprint density at radius 1 is 1.03 bits per heavy atom. The highest BCUT2D eigenvalue weighted by molar-refractivity contribution is 7.10. The number of benzene rings is 2. The first-order valence-electron chi connectivity index (χ1n) is 11.9. The fourth-order valence-corrected chi connectivity index (χ4v) is 5.28. The molecule has 2 amide bonds. The van der Waals surface area contributed by atoms with E-state index in [1.54, 1.807) is 31.3 Å². The molecule has 4 rings (SSSR count). The molecule has 1 aromatic heterocycles. The van der Waals surface area contributed by atoms with Crippen LogP contribution in [0.25, 0.3) is 0 Å². The minimum Gasteiger partial charge on any atom is -0.493 e. The van der Waals surface area contributed by atoms with Crippen LogP contribution in [0, 0.1) is 6.92 Å². The van der Waals surface area contributed by atoms with E-state index in [-0.39, 0.29) is 24.3 Å². The Bertz CT molecular complexity index is 1140. The highest BCUT2D eigenvalue weighted by Gasteiger charge is 2.35. The molecule has 1 aliphatic carbocycles. The zero-order chi connectivity index (χ0) is 24.8. The Labute approximate surface area is 210 Å². The van der Waals surface area contributed by atoms with Gasteiger partial charge in [-0.2, -0.15) is 0 Å². The molecule has 1 fully saturated rings. The predicted molar refractivity (Wildman–Crippen MR) is 139 cm³/mol. The fraction of sp³-hybridized carbons (Fsp3) is 0.357. The van der Waals surface area contributed by atoms with E-state index < -0.39 is 6.04 Å². The van der Waals surface area contributed by atoms with Gasteiger partial charge in [-0.05, 0) is 61.0 Å². The Hall–Kier alpha value is -3.32. The third kappa shape index (κ3) is 5.85. The average Bonchev–Trinajstić information content (AvgIpc) is 3.57. The Morgan fingerprint density at radius 2 is 1.74 bits per heavy atom. The average molecular weight is 493 g/mol. The van der Waals surface area contributed by atoms with Crippen molar-refractivity contribution < 1.29 is 19.1 Å². The van der Waals surface area contributed by atoms with Crippen LogP contribution in [0.2, 0.25) is 0 Å².